The maximum absolute atomic E-state index is 5.20. The molecule has 7 nitrogen and oxygen atoms in total. The number of hydrogen-bond acceptors (Lipinski definition) is 7. The monoisotopic (exact) mass is 350 g/mol. The van der Waals surface area contributed by atoms with Crippen LogP contribution in [0.15, 0.2) is 41.3 Å². The van der Waals surface area contributed by atoms with E-state index in [0.717, 1.165) is 44.0 Å². The lowest BCUT2D eigenvalue weighted by Gasteiger charge is -2.25. The Morgan fingerprint density at radius 3 is 2.54 bits per heavy atom. The van der Waals surface area contributed by atoms with Crippen molar-refractivity contribution < 1.29 is 4.52 Å². The summed E-state index contributed by atoms with van der Waals surface area (Å²) in [6.45, 7) is 7.87. The van der Waals surface area contributed by atoms with Crippen molar-refractivity contribution in [3.8, 4) is 11.5 Å². The smallest absolute Gasteiger partial charge is 0.259 e. The van der Waals surface area contributed by atoms with Crippen molar-refractivity contribution in [1.29, 1.82) is 0 Å². The molecule has 3 aromatic heterocycles. The normalized spacial score (nSPS) is 15.2. The number of hydrogen-bond donors (Lipinski definition) is 0. The van der Waals surface area contributed by atoms with E-state index in [2.05, 4.69) is 42.9 Å². The van der Waals surface area contributed by atoms with E-state index in [9.17, 15) is 0 Å². The van der Waals surface area contributed by atoms with Gasteiger partial charge in [-0.3, -0.25) is 4.98 Å². The predicted molar refractivity (Wildman–Crippen MR) is 100 cm³/mol. The van der Waals surface area contributed by atoms with Crippen LogP contribution in [-0.4, -0.2) is 46.3 Å². The Kier molecular flexibility index (Phi) is 4.51. The van der Waals surface area contributed by atoms with Gasteiger partial charge in [0, 0.05) is 50.5 Å². The van der Waals surface area contributed by atoms with Gasteiger partial charge in [-0.2, -0.15) is 4.98 Å². The van der Waals surface area contributed by atoms with E-state index in [1.807, 2.05) is 31.5 Å². The van der Waals surface area contributed by atoms with Crippen LogP contribution in [0, 0.1) is 13.8 Å². The minimum Gasteiger partial charge on any atom is -0.369 e. The summed E-state index contributed by atoms with van der Waals surface area (Å²) in [5, 5.41) is 3.83. The first-order valence-corrected chi connectivity index (χ1v) is 8.88. The fraction of sp³-hybridized carbons (Fsp3) is 0.368. The van der Waals surface area contributed by atoms with Crippen molar-refractivity contribution in [3.63, 3.8) is 0 Å². The Hall–Kier alpha value is -2.96. The molecule has 0 aromatic carbocycles. The number of anilines is 2. The largest absolute Gasteiger partial charge is 0.369 e. The van der Waals surface area contributed by atoms with Crippen molar-refractivity contribution in [2.24, 2.45) is 0 Å². The molecule has 0 aliphatic carbocycles. The molecule has 0 spiro atoms. The van der Waals surface area contributed by atoms with Crippen LogP contribution in [0.1, 0.15) is 17.8 Å². The van der Waals surface area contributed by atoms with E-state index in [0.29, 0.717) is 11.7 Å². The molecular formula is C19H22N6O. The molecule has 1 aliphatic heterocycles. The minimum atomic E-state index is 0.511. The van der Waals surface area contributed by atoms with Gasteiger partial charge in [0.25, 0.3) is 5.89 Å². The molecule has 3 aromatic rings. The quantitative estimate of drug-likeness (QED) is 0.719. The minimum absolute atomic E-state index is 0.511. The van der Waals surface area contributed by atoms with Gasteiger partial charge in [0.1, 0.15) is 5.82 Å². The third-order valence-electron chi connectivity index (χ3n) is 4.67. The van der Waals surface area contributed by atoms with Crippen LogP contribution in [0.2, 0.25) is 0 Å². The Labute approximate surface area is 152 Å². The summed E-state index contributed by atoms with van der Waals surface area (Å²) in [4.78, 5) is 17.8. The van der Waals surface area contributed by atoms with Gasteiger partial charge in [0.15, 0.2) is 5.82 Å². The highest BCUT2D eigenvalue weighted by molar-refractivity contribution is 5.55. The first kappa shape index (κ1) is 16.5. The van der Waals surface area contributed by atoms with Gasteiger partial charge in [-0.05, 0) is 44.0 Å². The van der Waals surface area contributed by atoms with Crippen LogP contribution in [0.5, 0.6) is 0 Å². The van der Waals surface area contributed by atoms with E-state index >= 15 is 0 Å². The van der Waals surface area contributed by atoms with Crippen LogP contribution in [-0.2, 0) is 0 Å². The number of rotatable bonds is 3. The van der Waals surface area contributed by atoms with Crippen molar-refractivity contribution in [1.82, 2.24) is 20.1 Å². The van der Waals surface area contributed by atoms with Gasteiger partial charge in [0.2, 0.25) is 0 Å². The molecule has 0 atom stereocenters. The summed E-state index contributed by atoms with van der Waals surface area (Å²) >= 11 is 0. The van der Waals surface area contributed by atoms with Gasteiger partial charge in [-0.15, -0.1) is 0 Å². The Bertz CT molecular complexity index is 876. The predicted octanol–water partition coefficient (Wildman–Crippen LogP) is 2.86. The second-order valence-corrected chi connectivity index (χ2v) is 6.54. The zero-order chi connectivity index (χ0) is 17.9. The van der Waals surface area contributed by atoms with Gasteiger partial charge in [-0.25, -0.2) is 4.98 Å². The standard InChI is InChI=1S/C19H22N6O/c1-14-12-20-7-6-17(14)24-8-3-9-25(11-10-24)18-5-4-16(13-21-18)19-22-15(2)23-26-19/h4-7,12-13H,3,8-11H2,1-2H3. The van der Waals surface area contributed by atoms with E-state index in [-0.39, 0.29) is 0 Å². The van der Waals surface area contributed by atoms with Crippen LogP contribution < -0.4 is 9.80 Å². The molecule has 0 amide bonds. The highest BCUT2D eigenvalue weighted by atomic mass is 16.5. The van der Waals surface area contributed by atoms with Gasteiger partial charge >= 0.3 is 0 Å². The van der Waals surface area contributed by atoms with Gasteiger partial charge in [0.05, 0.1) is 5.56 Å². The molecule has 134 valence electrons. The lowest BCUT2D eigenvalue weighted by Crippen LogP contribution is -2.31. The van der Waals surface area contributed by atoms with E-state index in [4.69, 9.17) is 4.52 Å². The molecule has 26 heavy (non-hydrogen) atoms. The van der Waals surface area contributed by atoms with Crippen LogP contribution >= 0.6 is 0 Å². The molecule has 7 heteroatoms. The zero-order valence-corrected chi connectivity index (χ0v) is 15.1. The molecule has 0 bridgehead atoms. The van der Waals surface area contributed by atoms with E-state index in [1.165, 1.54) is 11.3 Å². The summed E-state index contributed by atoms with van der Waals surface area (Å²) in [5.41, 5.74) is 3.34. The third kappa shape index (κ3) is 3.37. The molecule has 1 aliphatic rings. The van der Waals surface area contributed by atoms with E-state index in [1.54, 1.807) is 6.20 Å². The number of aromatic nitrogens is 4. The Morgan fingerprint density at radius 2 is 1.81 bits per heavy atom. The molecule has 4 heterocycles. The number of aryl methyl sites for hydroxylation is 2. The average molecular weight is 350 g/mol. The molecular weight excluding hydrogens is 328 g/mol. The fourth-order valence-electron chi connectivity index (χ4n) is 3.32. The maximum Gasteiger partial charge on any atom is 0.259 e. The van der Waals surface area contributed by atoms with Gasteiger partial charge < -0.3 is 14.3 Å². The summed E-state index contributed by atoms with van der Waals surface area (Å²) in [7, 11) is 0. The Morgan fingerprint density at radius 1 is 0.962 bits per heavy atom. The first-order valence-electron chi connectivity index (χ1n) is 8.88. The summed E-state index contributed by atoms with van der Waals surface area (Å²) in [5.74, 6) is 2.12. The van der Waals surface area contributed by atoms with Crippen molar-refractivity contribution in [3.05, 3.63) is 48.2 Å². The van der Waals surface area contributed by atoms with Crippen molar-refractivity contribution in [2.75, 3.05) is 36.0 Å². The molecule has 1 saturated heterocycles. The highest BCUT2D eigenvalue weighted by Gasteiger charge is 2.18. The maximum atomic E-state index is 5.20. The lowest BCUT2D eigenvalue weighted by atomic mass is 10.2. The lowest BCUT2D eigenvalue weighted by molar-refractivity contribution is 0.425. The molecule has 4 rings (SSSR count). The summed E-state index contributed by atoms with van der Waals surface area (Å²) in [6.07, 6.45) is 6.69. The zero-order valence-electron chi connectivity index (χ0n) is 15.1. The van der Waals surface area contributed by atoms with Crippen molar-refractivity contribution in [2.45, 2.75) is 20.3 Å². The molecule has 0 radical (unpaired) electrons. The molecule has 1 fully saturated rings. The van der Waals surface area contributed by atoms with Crippen LogP contribution in [0.3, 0.4) is 0 Å². The topological polar surface area (TPSA) is 71.2 Å². The SMILES string of the molecule is Cc1noc(-c2ccc(N3CCCN(c4ccncc4C)CC3)nc2)n1. The Balaban J connectivity index is 1.46. The second-order valence-electron chi connectivity index (χ2n) is 6.54. The summed E-state index contributed by atoms with van der Waals surface area (Å²) < 4.78 is 5.20. The number of nitrogens with zero attached hydrogens (tertiary/aromatic N) is 6. The second kappa shape index (κ2) is 7.11. The average Bonchev–Trinajstić information content (AvgIpc) is 2.95. The highest BCUT2D eigenvalue weighted by Crippen LogP contribution is 2.23. The molecule has 0 saturated carbocycles. The van der Waals surface area contributed by atoms with Gasteiger partial charge in [-0.1, -0.05) is 5.16 Å². The van der Waals surface area contributed by atoms with E-state index < -0.39 is 0 Å². The fourth-order valence-corrected chi connectivity index (χ4v) is 3.32. The summed E-state index contributed by atoms with van der Waals surface area (Å²) in [6, 6.07) is 6.12. The van der Waals surface area contributed by atoms with Crippen molar-refractivity contribution >= 4 is 11.5 Å². The first-order chi connectivity index (χ1) is 12.7. The molecule has 0 unspecified atom stereocenters. The number of pyridine rings is 2. The van der Waals surface area contributed by atoms with Crippen LogP contribution in [0.4, 0.5) is 11.5 Å². The van der Waals surface area contributed by atoms with Crippen LogP contribution in [0.25, 0.3) is 11.5 Å². The molecule has 0 N–H and O–H groups in total. The third-order valence-corrected chi connectivity index (χ3v) is 4.67.